The molecule has 3 nitrogen and oxygen atoms in total. The van der Waals surface area contributed by atoms with E-state index in [1.54, 1.807) is 12.1 Å². The number of hydrogen-bond donors (Lipinski definition) is 1. The second-order valence-electron chi connectivity index (χ2n) is 9.39. The number of rotatable bonds is 9. The van der Waals surface area contributed by atoms with Gasteiger partial charge in [0.15, 0.2) is 11.5 Å². The third-order valence-electron chi connectivity index (χ3n) is 4.54. The lowest BCUT2D eigenvalue weighted by molar-refractivity contribution is -0.737. The molecule has 0 fully saturated rings. The van der Waals surface area contributed by atoms with Crippen molar-refractivity contribution in [2.24, 2.45) is 5.41 Å². The topological polar surface area (TPSA) is 35.1 Å². The molecule has 0 aliphatic heterocycles. The standard InChI is InChI=1S/C24H33ClFNO2/c1-7-28-21-13-18(14-27-24(5,6)16-23(2,3)4)12-20(25)22(21)29-15-17-8-10-19(26)11-9-17/h8-13,27H,7,14-16H2,1-6H3/p+1. The summed E-state index contributed by atoms with van der Waals surface area (Å²) in [5.41, 5.74) is 2.35. The van der Waals surface area contributed by atoms with E-state index >= 15 is 0 Å². The zero-order chi connectivity index (χ0) is 21.7. The van der Waals surface area contributed by atoms with Gasteiger partial charge in [0.25, 0.3) is 0 Å². The number of quaternary nitrogens is 1. The van der Waals surface area contributed by atoms with E-state index in [-0.39, 0.29) is 16.8 Å². The molecule has 0 aromatic heterocycles. The summed E-state index contributed by atoms with van der Waals surface area (Å²) in [5.74, 6) is 0.895. The van der Waals surface area contributed by atoms with Crippen molar-refractivity contribution in [1.82, 2.24) is 0 Å². The van der Waals surface area contributed by atoms with E-state index in [4.69, 9.17) is 21.1 Å². The summed E-state index contributed by atoms with van der Waals surface area (Å²) in [4.78, 5) is 0. The smallest absolute Gasteiger partial charge is 0.180 e. The predicted octanol–water partition coefficient (Wildman–Crippen LogP) is 5.74. The van der Waals surface area contributed by atoms with Gasteiger partial charge in [-0.3, -0.25) is 0 Å². The minimum absolute atomic E-state index is 0.119. The van der Waals surface area contributed by atoms with Gasteiger partial charge in [-0.05, 0) is 56.0 Å². The maximum absolute atomic E-state index is 13.1. The lowest BCUT2D eigenvalue weighted by atomic mass is 9.82. The van der Waals surface area contributed by atoms with E-state index < -0.39 is 0 Å². The van der Waals surface area contributed by atoms with Crippen LogP contribution in [0.25, 0.3) is 0 Å². The molecule has 2 rings (SSSR count). The Morgan fingerprint density at radius 3 is 2.21 bits per heavy atom. The summed E-state index contributed by atoms with van der Waals surface area (Å²) in [7, 11) is 0. The summed E-state index contributed by atoms with van der Waals surface area (Å²) in [5, 5.41) is 2.87. The van der Waals surface area contributed by atoms with Gasteiger partial charge in [-0.25, -0.2) is 4.39 Å². The van der Waals surface area contributed by atoms with E-state index in [2.05, 4.69) is 39.9 Å². The van der Waals surface area contributed by atoms with Crippen LogP contribution < -0.4 is 14.8 Å². The third kappa shape index (κ3) is 7.87. The predicted molar refractivity (Wildman–Crippen MR) is 117 cm³/mol. The number of nitrogens with two attached hydrogens (primary N) is 1. The van der Waals surface area contributed by atoms with Crippen LogP contribution in [0.4, 0.5) is 4.39 Å². The van der Waals surface area contributed by atoms with Crippen molar-refractivity contribution in [3.8, 4) is 11.5 Å². The van der Waals surface area contributed by atoms with Crippen LogP contribution in [0.3, 0.4) is 0 Å². The molecule has 0 saturated heterocycles. The molecular weight excluding hydrogens is 389 g/mol. The highest BCUT2D eigenvalue weighted by atomic mass is 35.5. The summed E-state index contributed by atoms with van der Waals surface area (Å²) < 4.78 is 24.8. The molecule has 5 heteroatoms. The summed E-state index contributed by atoms with van der Waals surface area (Å²) in [6, 6.07) is 10.2. The van der Waals surface area contributed by atoms with E-state index in [1.165, 1.54) is 12.1 Å². The molecule has 29 heavy (non-hydrogen) atoms. The average Bonchev–Trinajstić information content (AvgIpc) is 2.59. The van der Waals surface area contributed by atoms with Crippen molar-refractivity contribution >= 4 is 11.6 Å². The highest BCUT2D eigenvalue weighted by molar-refractivity contribution is 6.32. The normalized spacial score (nSPS) is 12.1. The second kappa shape index (κ2) is 9.82. The summed E-state index contributed by atoms with van der Waals surface area (Å²) in [6.45, 7) is 14.9. The minimum atomic E-state index is -0.267. The Bertz CT molecular complexity index is 798. The van der Waals surface area contributed by atoms with Gasteiger partial charge in [0.1, 0.15) is 19.0 Å². The molecule has 160 valence electrons. The molecule has 0 atom stereocenters. The maximum atomic E-state index is 13.1. The Morgan fingerprint density at radius 2 is 1.62 bits per heavy atom. The fraction of sp³-hybridized carbons (Fsp3) is 0.500. The van der Waals surface area contributed by atoms with E-state index in [1.807, 2.05) is 19.1 Å². The largest absolute Gasteiger partial charge is 0.490 e. The first kappa shape index (κ1) is 23.5. The van der Waals surface area contributed by atoms with Gasteiger partial charge in [-0.1, -0.05) is 44.5 Å². The zero-order valence-corrected chi connectivity index (χ0v) is 19.2. The van der Waals surface area contributed by atoms with Crippen LogP contribution in [-0.2, 0) is 13.2 Å². The molecule has 0 saturated carbocycles. The fourth-order valence-corrected chi connectivity index (χ4v) is 4.00. The van der Waals surface area contributed by atoms with Crippen LogP contribution in [0.2, 0.25) is 5.02 Å². The van der Waals surface area contributed by atoms with Crippen LogP contribution in [0.5, 0.6) is 11.5 Å². The first-order valence-electron chi connectivity index (χ1n) is 10.2. The lowest BCUT2D eigenvalue weighted by Crippen LogP contribution is -2.94. The first-order chi connectivity index (χ1) is 13.5. The molecule has 0 spiro atoms. The highest BCUT2D eigenvalue weighted by Gasteiger charge is 2.28. The SMILES string of the molecule is CCOc1cc(C[NH2+]C(C)(C)CC(C)(C)C)cc(Cl)c1OCc1ccc(F)cc1. The molecule has 0 radical (unpaired) electrons. The van der Waals surface area contributed by atoms with Gasteiger partial charge in [-0.15, -0.1) is 0 Å². The Morgan fingerprint density at radius 1 is 0.966 bits per heavy atom. The molecule has 0 heterocycles. The van der Waals surface area contributed by atoms with Crippen molar-refractivity contribution in [3.63, 3.8) is 0 Å². The molecule has 0 unspecified atom stereocenters. The Kier molecular flexibility index (Phi) is 7.95. The highest BCUT2D eigenvalue weighted by Crippen LogP contribution is 2.37. The van der Waals surface area contributed by atoms with Crippen molar-refractivity contribution in [2.75, 3.05) is 6.61 Å². The van der Waals surface area contributed by atoms with Crippen LogP contribution in [-0.4, -0.2) is 12.1 Å². The van der Waals surface area contributed by atoms with Gasteiger partial charge in [0.05, 0.1) is 17.2 Å². The first-order valence-corrected chi connectivity index (χ1v) is 10.5. The van der Waals surface area contributed by atoms with Crippen molar-refractivity contribution in [2.45, 2.75) is 66.7 Å². The van der Waals surface area contributed by atoms with Crippen molar-refractivity contribution in [3.05, 3.63) is 58.4 Å². The van der Waals surface area contributed by atoms with Gasteiger partial charge < -0.3 is 14.8 Å². The van der Waals surface area contributed by atoms with Crippen LogP contribution in [0.1, 0.15) is 59.1 Å². The van der Waals surface area contributed by atoms with Crippen molar-refractivity contribution in [1.29, 1.82) is 0 Å². The Labute approximate surface area is 179 Å². The molecular formula is C24H34ClFNO2+. The quantitative estimate of drug-likeness (QED) is 0.559. The summed E-state index contributed by atoms with van der Waals surface area (Å²) >= 11 is 6.54. The van der Waals surface area contributed by atoms with Crippen LogP contribution in [0, 0.1) is 11.2 Å². The van der Waals surface area contributed by atoms with Gasteiger partial charge >= 0.3 is 0 Å². The lowest BCUT2D eigenvalue weighted by Gasteiger charge is -2.30. The van der Waals surface area contributed by atoms with E-state index in [0.29, 0.717) is 29.7 Å². The molecule has 2 aromatic carbocycles. The molecule has 0 amide bonds. The van der Waals surface area contributed by atoms with E-state index in [0.717, 1.165) is 24.1 Å². The third-order valence-corrected chi connectivity index (χ3v) is 4.82. The zero-order valence-electron chi connectivity index (χ0n) is 18.4. The number of hydrogen-bond acceptors (Lipinski definition) is 2. The number of benzene rings is 2. The maximum Gasteiger partial charge on any atom is 0.180 e. The monoisotopic (exact) mass is 422 g/mol. The molecule has 0 aliphatic rings. The van der Waals surface area contributed by atoms with E-state index in [9.17, 15) is 4.39 Å². The second-order valence-corrected chi connectivity index (χ2v) is 9.79. The van der Waals surface area contributed by atoms with Gasteiger partial charge in [0, 0.05) is 12.0 Å². The number of ether oxygens (including phenoxy) is 2. The molecule has 2 N–H and O–H groups in total. The fourth-order valence-electron chi connectivity index (χ4n) is 3.71. The molecule has 0 aliphatic carbocycles. The van der Waals surface area contributed by atoms with Gasteiger partial charge in [0.2, 0.25) is 0 Å². The number of halogens is 2. The molecule has 0 bridgehead atoms. The van der Waals surface area contributed by atoms with Gasteiger partial charge in [-0.2, -0.15) is 0 Å². The average molecular weight is 423 g/mol. The summed E-state index contributed by atoms with van der Waals surface area (Å²) in [6.07, 6.45) is 1.10. The van der Waals surface area contributed by atoms with Crippen LogP contribution >= 0.6 is 11.6 Å². The Balaban J connectivity index is 2.13. The van der Waals surface area contributed by atoms with Crippen molar-refractivity contribution < 1.29 is 19.2 Å². The minimum Gasteiger partial charge on any atom is -0.490 e. The molecule has 2 aromatic rings. The Hall–Kier alpha value is -1.78. The van der Waals surface area contributed by atoms with Crippen LogP contribution in [0.15, 0.2) is 36.4 Å².